The predicted molar refractivity (Wildman–Crippen MR) is 82.4 cm³/mol. The van der Waals surface area contributed by atoms with Crippen molar-refractivity contribution in [2.24, 2.45) is 0 Å². The third-order valence-electron chi connectivity index (χ3n) is 4.05. The third-order valence-corrected chi connectivity index (χ3v) is 4.69. The van der Waals surface area contributed by atoms with E-state index in [1.165, 1.54) is 4.90 Å². The van der Waals surface area contributed by atoms with Crippen LogP contribution in [0.25, 0.3) is 10.9 Å². The van der Waals surface area contributed by atoms with Gasteiger partial charge < -0.3 is 0 Å². The van der Waals surface area contributed by atoms with Gasteiger partial charge in [0.2, 0.25) is 11.8 Å². The van der Waals surface area contributed by atoms with Gasteiger partial charge in [-0.1, -0.05) is 0 Å². The lowest BCUT2D eigenvalue weighted by atomic mass is 10.0. The molecule has 2 aromatic rings. The second-order valence-corrected chi connectivity index (χ2v) is 6.15. The van der Waals surface area contributed by atoms with E-state index in [2.05, 4.69) is 26.2 Å². The van der Waals surface area contributed by atoms with Crippen LogP contribution in [0.4, 0.5) is 5.69 Å². The van der Waals surface area contributed by atoms with E-state index in [-0.39, 0.29) is 18.2 Å². The maximum atomic E-state index is 12.7. The monoisotopic (exact) mass is 359 g/mol. The standard InChI is InChI=1S/C15H10BrN3O3/c16-8-1-2-9-12-7(5-6-17-13(8)12)15(22)19(9)10-3-4-11(20)18-14(10)21/h1-2,5-6,10H,3-4H2,(H,18,20,21). The van der Waals surface area contributed by atoms with Crippen molar-refractivity contribution in [2.75, 3.05) is 4.90 Å². The fourth-order valence-corrected chi connectivity index (χ4v) is 3.51. The van der Waals surface area contributed by atoms with Gasteiger partial charge in [0.1, 0.15) is 6.04 Å². The van der Waals surface area contributed by atoms with E-state index in [1.54, 1.807) is 18.3 Å². The van der Waals surface area contributed by atoms with Crippen molar-refractivity contribution in [3.05, 3.63) is 34.4 Å². The number of piperidine rings is 1. The lowest BCUT2D eigenvalue weighted by Crippen LogP contribution is -2.53. The largest absolute Gasteiger partial charge is 0.295 e. The second kappa shape index (κ2) is 4.61. The first-order valence-corrected chi connectivity index (χ1v) is 7.61. The molecule has 1 N–H and O–H groups in total. The van der Waals surface area contributed by atoms with Crippen molar-refractivity contribution in [3.63, 3.8) is 0 Å². The molecule has 1 aromatic heterocycles. The number of carbonyl (C=O) groups excluding carboxylic acids is 3. The van der Waals surface area contributed by atoms with Crippen LogP contribution in [-0.2, 0) is 9.59 Å². The summed E-state index contributed by atoms with van der Waals surface area (Å²) in [6.07, 6.45) is 2.14. The highest BCUT2D eigenvalue weighted by molar-refractivity contribution is 9.10. The number of nitrogens with zero attached hydrogens (tertiary/aromatic N) is 2. The van der Waals surface area contributed by atoms with Crippen LogP contribution in [0.3, 0.4) is 0 Å². The summed E-state index contributed by atoms with van der Waals surface area (Å²) in [7, 11) is 0. The Morgan fingerprint density at radius 2 is 2.05 bits per heavy atom. The first-order chi connectivity index (χ1) is 10.6. The molecule has 1 saturated heterocycles. The Labute approximate surface area is 133 Å². The van der Waals surface area contributed by atoms with Gasteiger partial charge in [-0.25, -0.2) is 0 Å². The molecule has 110 valence electrons. The van der Waals surface area contributed by atoms with Gasteiger partial charge in [0.25, 0.3) is 5.91 Å². The fourth-order valence-electron chi connectivity index (χ4n) is 3.07. The number of rotatable bonds is 1. The number of halogens is 1. The molecule has 3 amide bonds. The quantitative estimate of drug-likeness (QED) is 0.786. The van der Waals surface area contributed by atoms with Crippen LogP contribution < -0.4 is 10.2 Å². The Morgan fingerprint density at radius 1 is 1.23 bits per heavy atom. The lowest BCUT2D eigenvalue weighted by Gasteiger charge is -2.30. The van der Waals surface area contributed by atoms with Crippen molar-refractivity contribution in [1.29, 1.82) is 0 Å². The SMILES string of the molecule is O=C1CCC(N2C(=O)c3ccnc4c(Br)ccc2c34)C(=O)N1. The second-order valence-electron chi connectivity index (χ2n) is 5.29. The smallest absolute Gasteiger partial charge is 0.259 e. The lowest BCUT2D eigenvalue weighted by molar-refractivity contribution is -0.134. The molecular formula is C15H10BrN3O3. The summed E-state index contributed by atoms with van der Waals surface area (Å²) in [5.74, 6) is -0.954. The highest BCUT2D eigenvalue weighted by Gasteiger charge is 2.40. The molecule has 1 atom stereocenters. The fraction of sp³-hybridized carbons (Fsp3) is 0.200. The van der Waals surface area contributed by atoms with Crippen LogP contribution in [0.15, 0.2) is 28.9 Å². The number of carbonyl (C=O) groups is 3. The summed E-state index contributed by atoms with van der Waals surface area (Å²) < 4.78 is 0.797. The predicted octanol–water partition coefficient (Wildman–Crippen LogP) is 1.76. The summed E-state index contributed by atoms with van der Waals surface area (Å²) in [5, 5.41) is 3.04. The molecule has 0 spiro atoms. The topological polar surface area (TPSA) is 79.4 Å². The van der Waals surface area contributed by atoms with Crippen LogP contribution in [0.5, 0.6) is 0 Å². The number of anilines is 1. The zero-order chi connectivity index (χ0) is 15.4. The van der Waals surface area contributed by atoms with Crippen LogP contribution in [-0.4, -0.2) is 28.7 Å². The molecule has 1 unspecified atom stereocenters. The zero-order valence-electron chi connectivity index (χ0n) is 11.3. The number of aromatic nitrogens is 1. The van der Waals surface area contributed by atoms with Gasteiger partial charge in [0, 0.05) is 22.5 Å². The number of nitrogens with one attached hydrogen (secondary N) is 1. The minimum absolute atomic E-state index is 0.227. The van der Waals surface area contributed by atoms with E-state index in [1.807, 2.05) is 6.07 Å². The molecular weight excluding hydrogens is 350 g/mol. The number of amides is 3. The summed E-state index contributed by atoms with van der Waals surface area (Å²) in [5.41, 5.74) is 1.89. The molecule has 6 nitrogen and oxygen atoms in total. The molecule has 0 saturated carbocycles. The molecule has 0 aliphatic carbocycles. The van der Waals surface area contributed by atoms with Gasteiger partial charge in [-0.05, 0) is 40.5 Å². The first kappa shape index (κ1) is 13.4. The van der Waals surface area contributed by atoms with Crippen molar-refractivity contribution in [2.45, 2.75) is 18.9 Å². The molecule has 2 aliphatic rings. The van der Waals surface area contributed by atoms with E-state index in [0.717, 1.165) is 9.86 Å². The van der Waals surface area contributed by atoms with Crippen molar-refractivity contribution >= 4 is 50.2 Å². The number of pyridine rings is 1. The van der Waals surface area contributed by atoms with Crippen molar-refractivity contribution in [1.82, 2.24) is 10.3 Å². The molecule has 0 bridgehead atoms. The Morgan fingerprint density at radius 3 is 2.82 bits per heavy atom. The Balaban J connectivity index is 1.89. The first-order valence-electron chi connectivity index (χ1n) is 6.82. The van der Waals surface area contributed by atoms with Gasteiger partial charge in [-0.2, -0.15) is 0 Å². The minimum Gasteiger partial charge on any atom is -0.295 e. The normalized spacial score (nSPS) is 20.7. The average molecular weight is 360 g/mol. The maximum absolute atomic E-state index is 12.7. The number of benzene rings is 1. The Hall–Kier alpha value is -2.28. The Kier molecular flexibility index (Phi) is 2.80. The molecule has 4 rings (SSSR count). The number of hydrogen-bond donors (Lipinski definition) is 1. The van der Waals surface area contributed by atoms with E-state index >= 15 is 0 Å². The van der Waals surface area contributed by atoms with Crippen molar-refractivity contribution in [3.8, 4) is 0 Å². The highest BCUT2D eigenvalue weighted by atomic mass is 79.9. The van der Waals surface area contributed by atoms with Crippen molar-refractivity contribution < 1.29 is 14.4 Å². The van der Waals surface area contributed by atoms with E-state index in [0.29, 0.717) is 23.2 Å². The van der Waals surface area contributed by atoms with Crippen LogP contribution in [0.1, 0.15) is 23.2 Å². The van der Waals surface area contributed by atoms with E-state index in [4.69, 9.17) is 0 Å². The molecule has 7 heteroatoms. The molecule has 2 aliphatic heterocycles. The zero-order valence-corrected chi connectivity index (χ0v) is 12.9. The Bertz CT molecular complexity index is 864. The van der Waals surface area contributed by atoms with Crippen LogP contribution in [0.2, 0.25) is 0 Å². The molecule has 1 fully saturated rings. The molecule has 0 radical (unpaired) electrons. The third kappa shape index (κ3) is 1.72. The van der Waals surface area contributed by atoms with Gasteiger partial charge >= 0.3 is 0 Å². The van der Waals surface area contributed by atoms with Gasteiger partial charge in [-0.15, -0.1) is 0 Å². The van der Waals surface area contributed by atoms with Crippen LogP contribution >= 0.6 is 15.9 Å². The number of imide groups is 1. The summed E-state index contributed by atoms with van der Waals surface area (Å²) in [6, 6.07) is 4.60. The highest BCUT2D eigenvalue weighted by Crippen LogP contribution is 2.41. The molecule has 1 aromatic carbocycles. The summed E-state index contributed by atoms with van der Waals surface area (Å²) in [4.78, 5) is 42.0. The molecule has 3 heterocycles. The molecule has 22 heavy (non-hydrogen) atoms. The van der Waals surface area contributed by atoms with E-state index < -0.39 is 11.9 Å². The van der Waals surface area contributed by atoms with Crippen LogP contribution in [0, 0.1) is 0 Å². The van der Waals surface area contributed by atoms with Gasteiger partial charge in [0.05, 0.1) is 16.8 Å². The number of hydrogen-bond acceptors (Lipinski definition) is 4. The summed E-state index contributed by atoms with van der Waals surface area (Å²) in [6.45, 7) is 0. The van der Waals surface area contributed by atoms with E-state index in [9.17, 15) is 14.4 Å². The minimum atomic E-state index is -0.665. The van der Waals surface area contributed by atoms with Gasteiger partial charge in [-0.3, -0.25) is 29.6 Å². The van der Waals surface area contributed by atoms with Gasteiger partial charge in [0.15, 0.2) is 0 Å². The average Bonchev–Trinajstić information content (AvgIpc) is 2.78. The summed E-state index contributed by atoms with van der Waals surface area (Å²) >= 11 is 3.43. The maximum Gasteiger partial charge on any atom is 0.259 e.